The Bertz CT molecular complexity index is 544. The van der Waals surface area contributed by atoms with Gasteiger partial charge in [0.25, 0.3) is 0 Å². The molecule has 1 aliphatic carbocycles. The molecule has 2 heteroatoms. The number of hydrogen-bond donors (Lipinski definition) is 1. The molecule has 0 atom stereocenters. The zero-order chi connectivity index (χ0) is 12.5. The molecule has 0 heterocycles. The molecule has 1 saturated carbocycles. The monoisotopic (exact) mass is 240 g/mol. The number of nitrogens with two attached hydrogens (primary N) is 1. The summed E-state index contributed by atoms with van der Waals surface area (Å²) in [6.45, 7) is 1.12. The van der Waals surface area contributed by atoms with Crippen molar-refractivity contribution in [3.8, 4) is 0 Å². The number of hydrogen-bond acceptors (Lipinski definition) is 2. The van der Waals surface area contributed by atoms with E-state index in [-0.39, 0.29) is 0 Å². The lowest BCUT2D eigenvalue weighted by Crippen LogP contribution is -2.41. The molecule has 0 unspecified atom stereocenters. The second kappa shape index (κ2) is 4.62. The normalized spacial score (nSPS) is 22.8. The van der Waals surface area contributed by atoms with Crippen molar-refractivity contribution in [3.63, 3.8) is 0 Å². The van der Waals surface area contributed by atoms with Gasteiger partial charge in [-0.2, -0.15) is 0 Å². The summed E-state index contributed by atoms with van der Waals surface area (Å²) in [5, 5.41) is 2.62. The molecular formula is C16H20N2. The third-order valence-electron chi connectivity index (χ3n) is 3.98. The first kappa shape index (κ1) is 11.5. The maximum absolute atomic E-state index is 5.84. The summed E-state index contributed by atoms with van der Waals surface area (Å²) >= 11 is 0. The van der Waals surface area contributed by atoms with E-state index in [1.165, 1.54) is 29.3 Å². The molecule has 2 N–H and O–H groups in total. The van der Waals surface area contributed by atoms with Gasteiger partial charge in [-0.15, -0.1) is 0 Å². The Kier molecular flexibility index (Phi) is 2.96. The van der Waals surface area contributed by atoms with E-state index in [4.69, 9.17) is 5.73 Å². The zero-order valence-electron chi connectivity index (χ0n) is 10.8. The lowest BCUT2D eigenvalue weighted by Gasteiger charge is -2.36. The second-order valence-corrected chi connectivity index (χ2v) is 5.51. The lowest BCUT2D eigenvalue weighted by atomic mass is 9.80. The first-order valence-electron chi connectivity index (χ1n) is 6.68. The van der Waals surface area contributed by atoms with Crippen LogP contribution in [0.15, 0.2) is 42.5 Å². The molecule has 1 aliphatic rings. The summed E-state index contributed by atoms with van der Waals surface area (Å²) in [6.07, 6.45) is 2.36. The molecule has 3 rings (SSSR count). The Balaban J connectivity index is 1.76. The van der Waals surface area contributed by atoms with E-state index in [2.05, 4.69) is 54.4 Å². The zero-order valence-corrected chi connectivity index (χ0v) is 10.8. The summed E-state index contributed by atoms with van der Waals surface area (Å²) in [4.78, 5) is 2.35. The number of anilines is 1. The van der Waals surface area contributed by atoms with Crippen molar-refractivity contribution >= 4 is 16.5 Å². The molecule has 0 saturated heterocycles. The Morgan fingerprint density at radius 3 is 2.56 bits per heavy atom. The molecule has 0 amide bonds. The van der Waals surface area contributed by atoms with Crippen LogP contribution in [0.3, 0.4) is 0 Å². The highest BCUT2D eigenvalue weighted by atomic mass is 15.1. The van der Waals surface area contributed by atoms with Crippen molar-refractivity contribution < 1.29 is 0 Å². The third-order valence-corrected chi connectivity index (χ3v) is 3.98. The molecule has 0 radical (unpaired) electrons. The van der Waals surface area contributed by atoms with Crippen LogP contribution in [0.4, 0.5) is 5.69 Å². The van der Waals surface area contributed by atoms with Crippen molar-refractivity contribution in [3.05, 3.63) is 42.5 Å². The van der Waals surface area contributed by atoms with Crippen LogP contribution in [0.1, 0.15) is 12.8 Å². The lowest BCUT2D eigenvalue weighted by molar-refractivity contribution is 0.271. The van der Waals surface area contributed by atoms with Crippen molar-refractivity contribution in [2.75, 3.05) is 18.5 Å². The van der Waals surface area contributed by atoms with Crippen LogP contribution in [0.2, 0.25) is 0 Å². The van der Waals surface area contributed by atoms with Gasteiger partial charge in [0.15, 0.2) is 0 Å². The fraction of sp³-hybridized carbons (Fsp3) is 0.375. The van der Waals surface area contributed by atoms with Crippen molar-refractivity contribution in [2.24, 2.45) is 11.7 Å². The third kappa shape index (κ3) is 2.21. The highest BCUT2D eigenvalue weighted by molar-refractivity contribution is 5.85. The van der Waals surface area contributed by atoms with Crippen LogP contribution < -0.4 is 10.6 Å². The molecule has 0 spiro atoms. The minimum Gasteiger partial charge on any atom is -0.374 e. The molecule has 2 aromatic rings. The predicted molar refractivity (Wildman–Crippen MR) is 77.9 cm³/mol. The smallest absolute Gasteiger partial charge is 0.0370 e. The summed E-state index contributed by atoms with van der Waals surface area (Å²) < 4.78 is 0. The summed E-state index contributed by atoms with van der Waals surface area (Å²) in [6, 6.07) is 15.6. The Morgan fingerprint density at radius 2 is 1.83 bits per heavy atom. The van der Waals surface area contributed by atoms with Gasteiger partial charge in [-0.1, -0.05) is 30.3 Å². The van der Waals surface area contributed by atoms with E-state index >= 15 is 0 Å². The molecule has 18 heavy (non-hydrogen) atoms. The fourth-order valence-electron chi connectivity index (χ4n) is 2.84. The number of nitrogens with zero attached hydrogens (tertiary/aromatic N) is 1. The molecule has 1 fully saturated rings. The molecular weight excluding hydrogens is 220 g/mol. The first-order valence-corrected chi connectivity index (χ1v) is 6.68. The summed E-state index contributed by atoms with van der Waals surface area (Å²) in [5.41, 5.74) is 7.14. The van der Waals surface area contributed by atoms with Crippen LogP contribution in [0.5, 0.6) is 0 Å². The van der Waals surface area contributed by atoms with Gasteiger partial charge in [-0.3, -0.25) is 0 Å². The van der Waals surface area contributed by atoms with Gasteiger partial charge in [0, 0.05) is 25.3 Å². The first-order chi connectivity index (χ1) is 8.72. The average Bonchev–Trinajstić information content (AvgIpc) is 2.36. The Morgan fingerprint density at radius 1 is 1.11 bits per heavy atom. The fourth-order valence-corrected chi connectivity index (χ4v) is 2.84. The van der Waals surface area contributed by atoms with E-state index < -0.39 is 0 Å². The van der Waals surface area contributed by atoms with Crippen LogP contribution >= 0.6 is 0 Å². The minimum atomic E-state index is 0.444. The molecule has 94 valence electrons. The number of benzene rings is 2. The second-order valence-electron chi connectivity index (χ2n) is 5.51. The maximum Gasteiger partial charge on any atom is 0.0370 e. The summed E-state index contributed by atoms with van der Waals surface area (Å²) in [7, 11) is 2.17. The van der Waals surface area contributed by atoms with Crippen molar-refractivity contribution in [2.45, 2.75) is 18.9 Å². The van der Waals surface area contributed by atoms with Crippen LogP contribution in [0.25, 0.3) is 10.8 Å². The topological polar surface area (TPSA) is 29.3 Å². The van der Waals surface area contributed by atoms with Crippen LogP contribution in [0, 0.1) is 5.92 Å². The van der Waals surface area contributed by atoms with E-state index in [0.717, 1.165) is 12.5 Å². The summed E-state index contributed by atoms with van der Waals surface area (Å²) in [5.74, 6) is 0.775. The van der Waals surface area contributed by atoms with Crippen molar-refractivity contribution in [1.82, 2.24) is 0 Å². The molecule has 2 nitrogen and oxygen atoms in total. The van der Waals surface area contributed by atoms with Crippen LogP contribution in [-0.4, -0.2) is 19.6 Å². The standard InChI is InChI=1S/C16H20N2/c1-18(11-12-8-15(17)9-12)16-7-6-13-4-2-3-5-14(13)10-16/h2-7,10,12,15H,8-9,11,17H2,1H3. The van der Waals surface area contributed by atoms with Gasteiger partial charge in [0.2, 0.25) is 0 Å². The number of rotatable bonds is 3. The highest BCUT2D eigenvalue weighted by Gasteiger charge is 2.26. The average molecular weight is 240 g/mol. The van der Waals surface area contributed by atoms with Crippen molar-refractivity contribution in [1.29, 1.82) is 0 Å². The number of fused-ring (bicyclic) bond motifs is 1. The van der Waals surface area contributed by atoms with E-state index in [1.807, 2.05) is 0 Å². The molecule has 0 aliphatic heterocycles. The van der Waals surface area contributed by atoms with Gasteiger partial charge in [-0.05, 0) is 41.7 Å². The Labute approximate surface area is 108 Å². The minimum absolute atomic E-state index is 0.444. The molecule has 0 aromatic heterocycles. The quantitative estimate of drug-likeness (QED) is 0.893. The van der Waals surface area contributed by atoms with E-state index in [9.17, 15) is 0 Å². The SMILES string of the molecule is CN(CC1CC(N)C1)c1ccc2ccccc2c1. The maximum atomic E-state index is 5.84. The van der Waals surface area contributed by atoms with Gasteiger partial charge < -0.3 is 10.6 Å². The Hall–Kier alpha value is -1.54. The van der Waals surface area contributed by atoms with E-state index in [0.29, 0.717) is 6.04 Å². The van der Waals surface area contributed by atoms with Crippen LogP contribution in [-0.2, 0) is 0 Å². The van der Waals surface area contributed by atoms with Gasteiger partial charge in [0.05, 0.1) is 0 Å². The van der Waals surface area contributed by atoms with Gasteiger partial charge in [0.1, 0.15) is 0 Å². The predicted octanol–water partition coefficient (Wildman–Crippen LogP) is 3.01. The molecule has 0 bridgehead atoms. The molecule has 2 aromatic carbocycles. The van der Waals surface area contributed by atoms with Gasteiger partial charge in [-0.25, -0.2) is 0 Å². The van der Waals surface area contributed by atoms with Gasteiger partial charge >= 0.3 is 0 Å². The highest BCUT2D eigenvalue weighted by Crippen LogP contribution is 2.28. The van der Waals surface area contributed by atoms with E-state index in [1.54, 1.807) is 0 Å². The largest absolute Gasteiger partial charge is 0.374 e.